The highest BCUT2D eigenvalue weighted by Gasteiger charge is 2.14. The van der Waals surface area contributed by atoms with Crippen LogP contribution in [0.3, 0.4) is 0 Å². The number of hydrogen-bond acceptors (Lipinski definition) is 5. The number of amides is 1. The zero-order chi connectivity index (χ0) is 22.1. The van der Waals surface area contributed by atoms with Crippen LogP contribution in [0.25, 0.3) is 0 Å². The van der Waals surface area contributed by atoms with Crippen LogP contribution in [-0.4, -0.2) is 44.8 Å². The highest BCUT2D eigenvalue weighted by Crippen LogP contribution is 2.17. The molecule has 0 fully saturated rings. The number of aliphatic imine (C=N–C) groups is 1. The zero-order valence-electron chi connectivity index (χ0n) is 19.1. The van der Waals surface area contributed by atoms with Crippen LogP contribution in [0.4, 0.5) is 5.69 Å². The van der Waals surface area contributed by atoms with Crippen molar-refractivity contribution in [3.63, 3.8) is 0 Å². The summed E-state index contributed by atoms with van der Waals surface area (Å²) in [5.74, 6) is 1.90. The van der Waals surface area contributed by atoms with E-state index in [1.807, 2.05) is 70.4 Å². The van der Waals surface area contributed by atoms with E-state index in [1.54, 1.807) is 6.33 Å². The molecule has 1 heterocycles. The van der Waals surface area contributed by atoms with Crippen molar-refractivity contribution in [1.29, 1.82) is 0 Å². The molecule has 9 nitrogen and oxygen atoms in total. The van der Waals surface area contributed by atoms with Crippen molar-refractivity contribution in [2.45, 2.75) is 66.3 Å². The van der Waals surface area contributed by atoms with Crippen LogP contribution in [0.2, 0.25) is 0 Å². The molecule has 2 aromatic rings. The van der Waals surface area contributed by atoms with Crippen molar-refractivity contribution in [2.75, 3.05) is 11.9 Å². The maximum atomic E-state index is 12.2. The topological polar surface area (TPSA) is 105 Å². The first-order valence-corrected chi connectivity index (χ1v) is 10.2. The SMILES string of the molecule is CCn1cnnc1CN=C(NCC(=O)NC(C)(C)C)Nc1ccc(OC(C)C)cc1.I. The molecule has 0 bridgehead atoms. The Hall–Kier alpha value is -2.37. The summed E-state index contributed by atoms with van der Waals surface area (Å²) in [4.78, 5) is 16.8. The third kappa shape index (κ3) is 9.99. The highest BCUT2D eigenvalue weighted by molar-refractivity contribution is 14.0. The minimum atomic E-state index is -0.298. The van der Waals surface area contributed by atoms with Gasteiger partial charge in [-0.15, -0.1) is 34.2 Å². The Labute approximate surface area is 201 Å². The number of ether oxygens (including phenoxy) is 1. The van der Waals surface area contributed by atoms with Crippen LogP contribution in [0.15, 0.2) is 35.6 Å². The van der Waals surface area contributed by atoms with Crippen LogP contribution in [0.5, 0.6) is 5.75 Å². The Morgan fingerprint density at radius 2 is 1.90 bits per heavy atom. The maximum Gasteiger partial charge on any atom is 0.239 e. The minimum absolute atomic E-state index is 0. The molecule has 172 valence electrons. The van der Waals surface area contributed by atoms with E-state index in [9.17, 15) is 4.79 Å². The van der Waals surface area contributed by atoms with Gasteiger partial charge in [-0.05, 0) is 65.8 Å². The van der Waals surface area contributed by atoms with Gasteiger partial charge in [0.2, 0.25) is 5.91 Å². The van der Waals surface area contributed by atoms with Gasteiger partial charge in [-0.25, -0.2) is 4.99 Å². The fraction of sp³-hybridized carbons (Fsp3) is 0.524. The molecule has 0 radical (unpaired) electrons. The van der Waals surface area contributed by atoms with E-state index < -0.39 is 0 Å². The van der Waals surface area contributed by atoms with E-state index >= 15 is 0 Å². The molecule has 0 saturated carbocycles. The molecular formula is C21H34IN7O2. The van der Waals surface area contributed by atoms with Crippen molar-refractivity contribution >= 4 is 41.5 Å². The first-order valence-electron chi connectivity index (χ1n) is 10.2. The molecule has 0 saturated heterocycles. The molecule has 0 aliphatic rings. The molecule has 1 aromatic carbocycles. The number of carbonyl (C=O) groups is 1. The summed E-state index contributed by atoms with van der Waals surface area (Å²) in [6.07, 6.45) is 1.79. The minimum Gasteiger partial charge on any atom is -0.491 e. The number of aryl methyl sites for hydroxylation is 1. The Kier molecular flexibility index (Phi) is 10.7. The summed E-state index contributed by atoms with van der Waals surface area (Å²) in [7, 11) is 0. The quantitative estimate of drug-likeness (QED) is 0.269. The second-order valence-electron chi connectivity index (χ2n) is 8.17. The van der Waals surface area contributed by atoms with Gasteiger partial charge in [0.25, 0.3) is 0 Å². The second kappa shape index (κ2) is 12.5. The van der Waals surface area contributed by atoms with E-state index in [4.69, 9.17) is 4.74 Å². The normalized spacial score (nSPS) is 11.6. The first-order chi connectivity index (χ1) is 14.2. The summed E-state index contributed by atoms with van der Waals surface area (Å²) >= 11 is 0. The average Bonchev–Trinajstić information content (AvgIpc) is 3.11. The number of guanidine groups is 1. The third-order valence-electron chi connectivity index (χ3n) is 3.83. The van der Waals surface area contributed by atoms with Gasteiger partial charge in [0.05, 0.1) is 12.6 Å². The smallest absolute Gasteiger partial charge is 0.239 e. The highest BCUT2D eigenvalue weighted by atomic mass is 127. The van der Waals surface area contributed by atoms with Crippen LogP contribution >= 0.6 is 24.0 Å². The average molecular weight is 543 g/mol. The molecule has 31 heavy (non-hydrogen) atoms. The zero-order valence-corrected chi connectivity index (χ0v) is 21.4. The molecular weight excluding hydrogens is 509 g/mol. The fourth-order valence-electron chi connectivity index (χ4n) is 2.61. The van der Waals surface area contributed by atoms with Gasteiger partial charge < -0.3 is 25.3 Å². The molecule has 1 amide bonds. The lowest BCUT2D eigenvalue weighted by Crippen LogP contribution is -2.46. The van der Waals surface area contributed by atoms with Gasteiger partial charge >= 0.3 is 0 Å². The van der Waals surface area contributed by atoms with Crippen LogP contribution in [-0.2, 0) is 17.9 Å². The predicted octanol–water partition coefficient (Wildman–Crippen LogP) is 3.18. The van der Waals surface area contributed by atoms with Crippen molar-refractivity contribution < 1.29 is 9.53 Å². The summed E-state index contributed by atoms with van der Waals surface area (Å²) in [6, 6.07) is 7.58. The number of aromatic nitrogens is 3. The van der Waals surface area contributed by atoms with Gasteiger partial charge in [-0.2, -0.15) is 0 Å². The number of carbonyl (C=O) groups excluding carboxylic acids is 1. The number of rotatable bonds is 8. The van der Waals surface area contributed by atoms with Crippen molar-refractivity contribution in [2.24, 2.45) is 4.99 Å². The second-order valence-corrected chi connectivity index (χ2v) is 8.17. The molecule has 3 N–H and O–H groups in total. The van der Waals surface area contributed by atoms with Crippen molar-refractivity contribution in [3.05, 3.63) is 36.4 Å². The molecule has 0 unspecified atom stereocenters. The number of hydrogen-bond donors (Lipinski definition) is 3. The number of halogens is 1. The number of nitrogens with zero attached hydrogens (tertiary/aromatic N) is 4. The summed E-state index contributed by atoms with van der Waals surface area (Å²) < 4.78 is 7.60. The Balaban J connectivity index is 0.00000480. The van der Waals surface area contributed by atoms with Crippen molar-refractivity contribution in [1.82, 2.24) is 25.4 Å². The van der Waals surface area contributed by atoms with Gasteiger partial charge in [-0.1, -0.05) is 0 Å². The van der Waals surface area contributed by atoms with Crippen LogP contribution in [0.1, 0.15) is 47.4 Å². The van der Waals surface area contributed by atoms with E-state index in [-0.39, 0.29) is 48.1 Å². The Morgan fingerprint density at radius 1 is 1.23 bits per heavy atom. The van der Waals surface area contributed by atoms with E-state index in [1.165, 1.54) is 0 Å². The van der Waals surface area contributed by atoms with E-state index in [0.29, 0.717) is 12.5 Å². The van der Waals surface area contributed by atoms with Gasteiger partial charge in [0, 0.05) is 17.8 Å². The first kappa shape index (κ1) is 26.7. The van der Waals surface area contributed by atoms with Gasteiger partial charge in [0.15, 0.2) is 11.8 Å². The Morgan fingerprint density at radius 3 is 2.48 bits per heavy atom. The molecule has 0 aliphatic heterocycles. The maximum absolute atomic E-state index is 12.2. The standard InChI is InChI=1S/C21H33N7O2.HI/c1-7-28-14-24-27-18(28)12-22-20(23-13-19(29)26-21(4,5)6)25-16-8-10-17(11-9-16)30-15(2)3;/h8-11,14-15H,7,12-13H2,1-6H3,(H,26,29)(H2,22,23,25);1H. The van der Waals surface area contributed by atoms with Crippen LogP contribution in [0, 0.1) is 0 Å². The summed E-state index contributed by atoms with van der Waals surface area (Å²) in [6.45, 7) is 13.0. The fourth-order valence-corrected chi connectivity index (χ4v) is 2.61. The lowest BCUT2D eigenvalue weighted by Gasteiger charge is -2.21. The summed E-state index contributed by atoms with van der Waals surface area (Å²) in [5.41, 5.74) is 0.526. The molecule has 1 aromatic heterocycles. The lowest BCUT2D eigenvalue weighted by atomic mass is 10.1. The molecule has 0 aliphatic carbocycles. The van der Waals surface area contributed by atoms with Crippen LogP contribution < -0.4 is 20.7 Å². The number of nitrogens with one attached hydrogen (secondary N) is 3. The number of anilines is 1. The monoisotopic (exact) mass is 543 g/mol. The molecule has 0 atom stereocenters. The van der Waals surface area contributed by atoms with E-state index in [2.05, 4.69) is 31.1 Å². The third-order valence-corrected chi connectivity index (χ3v) is 3.83. The molecule has 10 heteroatoms. The summed E-state index contributed by atoms with van der Waals surface area (Å²) in [5, 5.41) is 17.3. The van der Waals surface area contributed by atoms with E-state index in [0.717, 1.165) is 23.8 Å². The molecule has 0 spiro atoms. The lowest BCUT2D eigenvalue weighted by molar-refractivity contribution is -0.121. The number of benzene rings is 1. The van der Waals surface area contributed by atoms with Gasteiger partial charge in [0.1, 0.15) is 18.6 Å². The molecule has 2 rings (SSSR count). The Bertz CT molecular complexity index is 842. The van der Waals surface area contributed by atoms with Crippen molar-refractivity contribution in [3.8, 4) is 5.75 Å². The largest absolute Gasteiger partial charge is 0.491 e. The van der Waals surface area contributed by atoms with Gasteiger partial charge in [-0.3, -0.25) is 4.79 Å². The predicted molar refractivity (Wildman–Crippen MR) is 134 cm³/mol.